The maximum atomic E-state index is 12.7. The molecule has 14 heteroatoms. The standard InChI is InChI=1S/C44H88ClNO7P.C7H8O3S/c1-6-8-10-12-14-16-18-20-22-24-26-28-30-32-34-36-43(47)50-40-42(41-52-54(45,49)51-39-38-46(3,4)5)53-44(48)37-35-33-31-29-27-25-23-21-19-17-15-13-11-9-7-2;1-6-2-4-7(5-3-6)11(8,9)10/h42H,6-41H2,1-5H3;2-5H,1H3,(H,8,9,10)/q+1;/p-1/t42-,54?;/m0./s1. The molecule has 0 bridgehead atoms. The van der Waals surface area contributed by atoms with Crippen LogP contribution in [0.4, 0.5) is 0 Å². The van der Waals surface area contributed by atoms with Gasteiger partial charge in [-0.3, -0.25) is 18.6 Å². The van der Waals surface area contributed by atoms with E-state index in [1.807, 2.05) is 28.1 Å². The summed E-state index contributed by atoms with van der Waals surface area (Å²) in [5.41, 5.74) is 0.928. The van der Waals surface area contributed by atoms with Crippen LogP contribution in [0.1, 0.15) is 225 Å². The van der Waals surface area contributed by atoms with Gasteiger partial charge in [0.2, 0.25) is 0 Å². The van der Waals surface area contributed by atoms with Crippen molar-refractivity contribution in [1.82, 2.24) is 0 Å². The second-order valence-electron chi connectivity index (χ2n) is 19.0. The van der Waals surface area contributed by atoms with Crippen molar-refractivity contribution in [2.45, 2.75) is 237 Å². The summed E-state index contributed by atoms with van der Waals surface area (Å²) in [5.74, 6) is -0.714. The number of hydrogen-bond donors (Lipinski definition) is 0. The van der Waals surface area contributed by atoms with Crippen molar-refractivity contribution in [3.05, 3.63) is 29.8 Å². The zero-order chi connectivity index (χ0) is 48.5. The van der Waals surface area contributed by atoms with Gasteiger partial charge >= 0.3 is 18.9 Å². The van der Waals surface area contributed by atoms with Crippen LogP contribution in [0.3, 0.4) is 0 Å². The van der Waals surface area contributed by atoms with Gasteiger partial charge in [-0.15, -0.1) is 0 Å². The first kappa shape index (κ1) is 63.5. The first-order chi connectivity index (χ1) is 31.0. The minimum atomic E-state index is -4.27. The summed E-state index contributed by atoms with van der Waals surface area (Å²) in [5, 5.41) is 0. The summed E-state index contributed by atoms with van der Waals surface area (Å²) in [6, 6.07) is 5.78. The number of carbonyl (C=O) groups excluding carboxylic acids is 2. The Morgan fingerprint density at radius 2 is 0.938 bits per heavy atom. The first-order valence-electron chi connectivity index (χ1n) is 25.8. The zero-order valence-corrected chi connectivity index (χ0v) is 44.6. The van der Waals surface area contributed by atoms with Gasteiger partial charge in [0.25, 0.3) is 0 Å². The molecule has 1 aromatic rings. The molecule has 0 fully saturated rings. The molecule has 0 aliphatic rings. The highest BCUT2D eigenvalue weighted by Gasteiger charge is 2.27. The van der Waals surface area contributed by atoms with E-state index in [-0.39, 0.29) is 43.1 Å². The van der Waals surface area contributed by atoms with Crippen LogP contribution in [0.2, 0.25) is 0 Å². The normalized spacial score (nSPS) is 13.2. The van der Waals surface area contributed by atoms with Gasteiger partial charge in [0, 0.05) is 24.1 Å². The van der Waals surface area contributed by atoms with Crippen molar-refractivity contribution in [1.29, 1.82) is 0 Å². The molecule has 0 heterocycles. The lowest BCUT2D eigenvalue weighted by atomic mass is 10.0. The maximum absolute atomic E-state index is 12.7. The molecule has 0 N–H and O–H groups in total. The Bertz CT molecular complexity index is 1440. The van der Waals surface area contributed by atoms with E-state index in [4.69, 9.17) is 29.8 Å². The number of unbranched alkanes of at least 4 members (excludes halogenated alkanes) is 28. The van der Waals surface area contributed by atoms with Crippen LogP contribution in [0, 0.1) is 6.92 Å². The third kappa shape index (κ3) is 44.7. The number of quaternary nitrogens is 1. The minimum absolute atomic E-state index is 0.155. The van der Waals surface area contributed by atoms with E-state index >= 15 is 0 Å². The quantitative estimate of drug-likeness (QED) is 0.0204. The molecule has 0 spiro atoms. The second-order valence-corrected chi connectivity index (χ2v) is 23.0. The summed E-state index contributed by atoms with van der Waals surface area (Å²) in [6.45, 7) is 2.76. The molecule has 0 saturated carbocycles. The third-order valence-electron chi connectivity index (χ3n) is 11.4. The Morgan fingerprint density at radius 1 is 0.585 bits per heavy atom. The van der Waals surface area contributed by atoms with Gasteiger partial charge < -0.3 is 18.5 Å². The van der Waals surface area contributed by atoms with Crippen LogP contribution in [-0.4, -0.2) is 83.0 Å². The van der Waals surface area contributed by atoms with Crippen LogP contribution < -0.4 is 0 Å². The molecular weight excluding hydrogens is 885 g/mol. The van der Waals surface area contributed by atoms with Gasteiger partial charge in [-0.25, -0.2) is 13.0 Å². The van der Waals surface area contributed by atoms with Gasteiger partial charge in [0.15, 0.2) is 6.10 Å². The fraction of sp³-hybridized carbons (Fsp3) is 0.843. The zero-order valence-electron chi connectivity index (χ0n) is 42.1. The van der Waals surface area contributed by atoms with Crippen LogP contribution in [0.15, 0.2) is 29.2 Å². The van der Waals surface area contributed by atoms with Crippen LogP contribution in [0.25, 0.3) is 0 Å². The summed E-state index contributed by atoms with van der Waals surface area (Å²) in [7, 11) is 1.70. The molecule has 2 atom stereocenters. The maximum Gasteiger partial charge on any atom is 0.424 e. The highest BCUT2D eigenvalue weighted by molar-refractivity contribution is 7.85. The van der Waals surface area contributed by atoms with Gasteiger partial charge in [0.1, 0.15) is 29.9 Å². The Labute approximate surface area is 403 Å². The lowest BCUT2D eigenvalue weighted by molar-refractivity contribution is -0.870. The van der Waals surface area contributed by atoms with Gasteiger partial charge in [0.05, 0.1) is 32.6 Å². The molecule has 1 aromatic carbocycles. The number of rotatable bonds is 43. The Kier molecular flexibility index (Phi) is 40.5. The monoisotopic (exact) mass is 980 g/mol. The Hall–Kier alpha value is -1.53. The lowest BCUT2D eigenvalue weighted by Crippen LogP contribution is -2.37. The number of likely N-dealkylation sites (N-methyl/N-ethyl adjacent to an activating group) is 1. The number of carbonyl (C=O) groups is 2. The fourth-order valence-corrected chi connectivity index (χ4v) is 8.80. The highest BCUT2D eigenvalue weighted by Crippen LogP contribution is 2.53. The highest BCUT2D eigenvalue weighted by atomic mass is 35.7. The number of aryl methyl sites for hydroxylation is 1. The molecule has 65 heavy (non-hydrogen) atoms. The molecular formula is C51H95ClNO10PS. The lowest BCUT2D eigenvalue weighted by Gasteiger charge is -2.24. The van der Waals surface area contributed by atoms with Crippen LogP contribution in [0.5, 0.6) is 0 Å². The van der Waals surface area contributed by atoms with Crippen LogP contribution >= 0.6 is 18.2 Å². The summed E-state index contributed by atoms with van der Waals surface area (Å²) >= 11 is 6.05. The van der Waals surface area contributed by atoms with E-state index in [0.29, 0.717) is 17.4 Å². The number of hydrogen-bond acceptors (Lipinski definition) is 10. The molecule has 0 aliphatic heterocycles. The predicted octanol–water partition coefficient (Wildman–Crippen LogP) is 14.9. The second kappa shape index (κ2) is 41.4. The number of nitrogens with zero attached hydrogens (tertiary/aromatic N) is 1. The molecule has 382 valence electrons. The average Bonchev–Trinajstić information content (AvgIpc) is 3.24. The number of benzene rings is 1. The molecule has 0 radical (unpaired) electrons. The van der Waals surface area contributed by atoms with E-state index in [1.165, 1.54) is 166 Å². The minimum Gasteiger partial charge on any atom is -0.744 e. The van der Waals surface area contributed by atoms with Crippen molar-refractivity contribution >= 4 is 40.2 Å². The molecule has 11 nitrogen and oxygen atoms in total. The van der Waals surface area contributed by atoms with Crippen LogP contribution in [-0.2, 0) is 42.8 Å². The summed E-state index contributed by atoms with van der Waals surface area (Å²) < 4.78 is 66.3. The molecule has 0 aliphatic carbocycles. The SMILES string of the molecule is CCCCCCCCCCCCCCCCCC(=O)OC[C@@H](COP(=O)(Cl)OCC[N+](C)(C)C)OC(=O)CCCCCCCCCCCCCCCCC.Cc1ccc(S(=O)(=O)[O-])cc1. The summed E-state index contributed by atoms with van der Waals surface area (Å²) in [6.07, 6.45) is 37.5. The van der Waals surface area contributed by atoms with E-state index in [9.17, 15) is 27.1 Å². The van der Waals surface area contributed by atoms with Gasteiger partial charge in [-0.05, 0) is 31.9 Å². The molecule has 1 unspecified atom stereocenters. The first-order valence-corrected chi connectivity index (χ1v) is 29.6. The molecule has 0 amide bonds. The van der Waals surface area contributed by atoms with Crippen molar-refractivity contribution in [3.8, 4) is 0 Å². The Morgan fingerprint density at radius 3 is 1.29 bits per heavy atom. The van der Waals surface area contributed by atoms with Gasteiger partial charge in [-0.1, -0.05) is 211 Å². The van der Waals surface area contributed by atoms with E-state index < -0.39 is 23.2 Å². The average molecular weight is 981 g/mol. The molecule has 0 aromatic heterocycles. The molecule has 1 rings (SSSR count). The topological polar surface area (TPSA) is 145 Å². The third-order valence-corrected chi connectivity index (χ3v) is 13.8. The smallest absolute Gasteiger partial charge is 0.424 e. The Balaban J connectivity index is 0.00000321. The van der Waals surface area contributed by atoms with Crippen molar-refractivity contribution in [3.63, 3.8) is 0 Å². The van der Waals surface area contributed by atoms with Crippen molar-refractivity contribution in [2.24, 2.45) is 0 Å². The van der Waals surface area contributed by atoms with Gasteiger partial charge in [-0.2, -0.15) is 0 Å². The summed E-state index contributed by atoms with van der Waals surface area (Å²) in [4.78, 5) is 25.1. The fourth-order valence-electron chi connectivity index (χ4n) is 7.24. The van der Waals surface area contributed by atoms with E-state index in [2.05, 4.69) is 13.8 Å². The molecule has 0 saturated heterocycles. The van der Waals surface area contributed by atoms with E-state index in [1.54, 1.807) is 12.1 Å². The number of ether oxygens (including phenoxy) is 2. The predicted molar refractivity (Wildman–Crippen MR) is 267 cm³/mol. The largest absolute Gasteiger partial charge is 0.744 e. The number of esters is 2. The van der Waals surface area contributed by atoms with Crippen molar-refractivity contribution in [2.75, 3.05) is 47.5 Å². The van der Waals surface area contributed by atoms with Crippen molar-refractivity contribution < 1.29 is 50.1 Å². The van der Waals surface area contributed by atoms with E-state index in [0.717, 1.165) is 44.1 Å². The number of halogens is 1.